The second-order valence-electron chi connectivity index (χ2n) is 5.89. The summed E-state index contributed by atoms with van der Waals surface area (Å²) in [5.74, 6) is 2.17. The molecular weight excluding hydrogens is 439 g/mol. The topological polar surface area (TPSA) is 56.7 Å². The summed E-state index contributed by atoms with van der Waals surface area (Å²) in [6, 6.07) is 14.8. The minimum Gasteiger partial charge on any atom is -0.467 e. The quantitative estimate of drug-likeness (QED) is 0.257. The zero-order valence-electron chi connectivity index (χ0n) is 14.3. The van der Waals surface area contributed by atoms with E-state index in [1.807, 2.05) is 41.0 Å². The Hall–Kier alpha value is -1.99. The van der Waals surface area contributed by atoms with E-state index < -0.39 is 0 Å². The molecule has 4 rings (SSSR count). The number of hydrogen-bond acceptors (Lipinski definition) is 5. The van der Waals surface area contributed by atoms with Gasteiger partial charge >= 0.3 is 0 Å². The fraction of sp³-hybridized carbons (Fsp3) is 0.105. The van der Waals surface area contributed by atoms with Gasteiger partial charge in [0.2, 0.25) is 0 Å². The third-order valence-corrected chi connectivity index (χ3v) is 5.58. The Morgan fingerprint density at radius 3 is 2.39 bits per heavy atom. The Morgan fingerprint density at radius 2 is 1.71 bits per heavy atom. The SMILES string of the molecule is Clc1ccc(-c2nnc(SCc3cc(Cl)nc(Cl)c3)n2Cc2ccco2)cc1. The highest BCUT2D eigenvalue weighted by atomic mass is 35.5. The van der Waals surface area contributed by atoms with Gasteiger partial charge in [0, 0.05) is 16.3 Å². The molecule has 0 bridgehead atoms. The molecule has 0 saturated carbocycles. The summed E-state index contributed by atoms with van der Waals surface area (Å²) in [5.41, 5.74) is 1.88. The van der Waals surface area contributed by atoms with Crippen LogP contribution in [0.15, 0.2) is 64.4 Å². The van der Waals surface area contributed by atoms with Gasteiger partial charge in [-0.05, 0) is 54.1 Å². The van der Waals surface area contributed by atoms with Crippen molar-refractivity contribution in [2.24, 2.45) is 0 Å². The number of hydrogen-bond donors (Lipinski definition) is 0. The number of benzene rings is 1. The van der Waals surface area contributed by atoms with E-state index >= 15 is 0 Å². The van der Waals surface area contributed by atoms with Gasteiger partial charge in [-0.2, -0.15) is 0 Å². The first-order chi connectivity index (χ1) is 13.6. The Kier molecular flexibility index (Phi) is 5.92. The first-order valence-electron chi connectivity index (χ1n) is 8.25. The Labute approximate surface area is 180 Å². The molecule has 5 nitrogen and oxygen atoms in total. The van der Waals surface area contributed by atoms with Gasteiger partial charge in [-0.3, -0.25) is 4.57 Å². The van der Waals surface area contributed by atoms with E-state index in [2.05, 4.69) is 15.2 Å². The lowest BCUT2D eigenvalue weighted by atomic mass is 10.2. The number of pyridine rings is 1. The third kappa shape index (κ3) is 4.52. The molecule has 0 radical (unpaired) electrons. The summed E-state index contributed by atoms with van der Waals surface area (Å²) >= 11 is 19.5. The maximum atomic E-state index is 6.01. The molecule has 0 spiro atoms. The van der Waals surface area contributed by atoms with Crippen LogP contribution in [0.4, 0.5) is 0 Å². The maximum Gasteiger partial charge on any atom is 0.192 e. The predicted molar refractivity (Wildman–Crippen MR) is 112 cm³/mol. The summed E-state index contributed by atoms with van der Waals surface area (Å²) in [4.78, 5) is 3.97. The third-order valence-electron chi connectivity index (χ3n) is 3.90. The Bertz CT molecular complexity index is 1060. The second-order valence-corrected chi connectivity index (χ2v) is 8.04. The van der Waals surface area contributed by atoms with Crippen LogP contribution in [0.25, 0.3) is 11.4 Å². The molecule has 0 atom stereocenters. The molecule has 0 amide bonds. The fourth-order valence-corrected chi connectivity index (χ4v) is 4.15. The summed E-state index contributed by atoms with van der Waals surface area (Å²) in [6.45, 7) is 0.512. The number of thioether (sulfide) groups is 1. The lowest BCUT2D eigenvalue weighted by Gasteiger charge is -2.09. The molecular formula is C19H13Cl3N4OS. The molecule has 0 aliphatic carbocycles. The van der Waals surface area contributed by atoms with E-state index in [4.69, 9.17) is 39.2 Å². The molecule has 0 saturated heterocycles. The summed E-state index contributed by atoms with van der Waals surface area (Å²) < 4.78 is 7.53. The van der Waals surface area contributed by atoms with E-state index in [1.165, 1.54) is 11.8 Å². The van der Waals surface area contributed by atoms with E-state index in [0.29, 0.717) is 27.6 Å². The van der Waals surface area contributed by atoms with Crippen LogP contribution in [-0.2, 0) is 12.3 Å². The van der Waals surface area contributed by atoms with Crippen molar-refractivity contribution in [2.45, 2.75) is 17.5 Å². The van der Waals surface area contributed by atoms with Crippen LogP contribution in [0.5, 0.6) is 0 Å². The smallest absolute Gasteiger partial charge is 0.192 e. The van der Waals surface area contributed by atoms with Crippen LogP contribution in [-0.4, -0.2) is 19.7 Å². The normalized spacial score (nSPS) is 11.1. The molecule has 0 fully saturated rings. The molecule has 28 heavy (non-hydrogen) atoms. The van der Waals surface area contributed by atoms with Crippen molar-refractivity contribution in [3.05, 3.63) is 81.4 Å². The van der Waals surface area contributed by atoms with Crippen molar-refractivity contribution in [1.29, 1.82) is 0 Å². The van der Waals surface area contributed by atoms with Gasteiger partial charge in [-0.1, -0.05) is 46.6 Å². The van der Waals surface area contributed by atoms with Gasteiger partial charge < -0.3 is 4.42 Å². The van der Waals surface area contributed by atoms with Gasteiger partial charge in [-0.15, -0.1) is 10.2 Å². The maximum absolute atomic E-state index is 6.01. The van der Waals surface area contributed by atoms with E-state index in [0.717, 1.165) is 27.9 Å². The summed E-state index contributed by atoms with van der Waals surface area (Å²) in [5, 5.41) is 10.9. The van der Waals surface area contributed by atoms with Gasteiger partial charge in [0.25, 0.3) is 0 Å². The highest BCUT2D eigenvalue weighted by Gasteiger charge is 2.16. The van der Waals surface area contributed by atoms with Gasteiger partial charge in [-0.25, -0.2) is 4.98 Å². The van der Waals surface area contributed by atoms with E-state index in [-0.39, 0.29) is 0 Å². The van der Waals surface area contributed by atoms with E-state index in [9.17, 15) is 0 Å². The minimum absolute atomic E-state index is 0.363. The predicted octanol–water partition coefficient (Wildman–Crippen LogP) is 6.23. The average Bonchev–Trinajstić information content (AvgIpc) is 3.31. The molecule has 1 aromatic carbocycles. The number of rotatable bonds is 6. The molecule has 0 N–H and O–H groups in total. The van der Waals surface area contributed by atoms with E-state index in [1.54, 1.807) is 18.4 Å². The van der Waals surface area contributed by atoms with Crippen LogP contribution < -0.4 is 0 Å². The first-order valence-corrected chi connectivity index (χ1v) is 10.4. The van der Waals surface area contributed by atoms with Crippen molar-refractivity contribution in [1.82, 2.24) is 19.7 Å². The summed E-state index contributed by atoms with van der Waals surface area (Å²) in [6.07, 6.45) is 1.65. The largest absolute Gasteiger partial charge is 0.467 e. The van der Waals surface area contributed by atoms with Crippen molar-refractivity contribution < 1.29 is 4.42 Å². The van der Waals surface area contributed by atoms with Gasteiger partial charge in [0.15, 0.2) is 11.0 Å². The number of halogens is 3. The highest BCUT2D eigenvalue weighted by molar-refractivity contribution is 7.98. The second kappa shape index (κ2) is 8.57. The molecule has 0 unspecified atom stereocenters. The van der Waals surface area contributed by atoms with Crippen molar-refractivity contribution >= 4 is 46.6 Å². The van der Waals surface area contributed by atoms with Crippen LogP contribution >= 0.6 is 46.6 Å². The zero-order valence-corrected chi connectivity index (χ0v) is 17.4. The number of furan rings is 1. The average molecular weight is 452 g/mol. The van der Waals surface area contributed by atoms with Crippen LogP contribution in [0.2, 0.25) is 15.3 Å². The first kappa shape index (κ1) is 19.3. The monoisotopic (exact) mass is 450 g/mol. The molecule has 0 aliphatic rings. The number of nitrogens with zero attached hydrogens (tertiary/aromatic N) is 4. The highest BCUT2D eigenvalue weighted by Crippen LogP contribution is 2.29. The Morgan fingerprint density at radius 1 is 0.964 bits per heavy atom. The zero-order chi connectivity index (χ0) is 19.5. The van der Waals surface area contributed by atoms with Crippen LogP contribution in [0.3, 0.4) is 0 Å². The molecule has 3 aromatic heterocycles. The molecule has 9 heteroatoms. The molecule has 142 valence electrons. The lowest BCUT2D eigenvalue weighted by molar-refractivity contribution is 0.485. The standard InChI is InChI=1S/C19H13Cl3N4OS/c20-14-5-3-13(4-6-14)18-24-25-19(26(18)10-15-2-1-7-27-15)28-11-12-8-16(21)23-17(22)9-12/h1-9H,10-11H2. The van der Waals surface area contributed by atoms with Crippen LogP contribution in [0.1, 0.15) is 11.3 Å². The lowest BCUT2D eigenvalue weighted by Crippen LogP contribution is -2.03. The van der Waals surface area contributed by atoms with Crippen LogP contribution in [0, 0.1) is 0 Å². The molecule has 3 heterocycles. The Balaban J connectivity index is 1.65. The van der Waals surface area contributed by atoms with Crippen molar-refractivity contribution in [3.8, 4) is 11.4 Å². The minimum atomic E-state index is 0.363. The van der Waals surface area contributed by atoms with Gasteiger partial charge in [0.1, 0.15) is 16.1 Å². The van der Waals surface area contributed by atoms with Crippen molar-refractivity contribution in [3.63, 3.8) is 0 Å². The fourth-order valence-electron chi connectivity index (χ4n) is 2.65. The summed E-state index contributed by atoms with van der Waals surface area (Å²) in [7, 11) is 0. The number of aromatic nitrogens is 4. The van der Waals surface area contributed by atoms with Crippen molar-refractivity contribution in [2.75, 3.05) is 0 Å². The van der Waals surface area contributed by atoms with Gasteiger partial charge in [0.05, 0.1) is 12.8 Å². The molecule has 0 aliphatic heterocycles. The molecule has 4 aromatic rings.